The van der Waals surface area contributed by atoms with Crippen molar-refractivity contribution in [2.45, 2.75) is 25.8 Å². The Labute approximate surface area is 99.3 Å². The Morgan fingerprint density at radius 3 is 2.41 bits per heavy atom. The van der Waals surface area contributed by atoms with Crippen molar-refractivity contribution >= 4 is 24.0 Å². The van der Waals surface area contributed by atoms with E-state index in [1.165, 1.54) is 14.0 Å². The SMILES string of the molecule is CNC(=O)[C@H](CCC(=O)NCC=O)NC(C)=O. The lowest BCUT2D eigenvalue weighted by Gasteiger charge is -2.15. The molecule has 0 saturated heterocycles. The van der Waals surface area contributed by atoms with Gasteiger partial charge in [-0.25, -0.2) is 0 Å². The minimum absolute atomic E-state index is 0.0520. The van der Waals surface area contributed by atoms with E-state index in [4.69, 9.17) is 0 Å². The summed E-state index contributed by atoms with van der Waals surface area (Å²) in [7, 11) is 1.45. The van der Waals surface area contributed by atoms with E-state index in [-0.39, 0.29) is 37.1 Å². The fraction of sp³-hybridized carbons (Fsp3) is 0.600. The van der Waals surface area contributed by atoms with E-state index in [2.05, 4.69) is 16.0 Å². The van der Waals surface area contributed by atoms with Crippen LogP contribution in [0.1, 0.15) is 19.8 Å². The molecule has 0 aliphatic carbocycles. The first-order chi connectivity index (χ1) is 8.01. The molecule has 0 aliphatic heterocycles. The zero-order chi connectivity index (χ0) is 13.3. The maximum Gasteiger partial charge on any atom is 0.242 e. The van der Waals surface area contributed by atoms with Gasteiger partial charge in [0.1, 0.15) is 12.3 Å². The maximum absolute atomic E-state index is 11.4. The normalized spacial score (nSPS) is 11.2. The quantitative estimate of drug-likeness (QED) is 0.465. The van der Waals surface area contributed by atoms with Gasteiger partial charge >= 0.3 is 0 Å². The molecule has 7 nitrogen and oxygen atoms in total. The minimum Gasteiger partial charge on any atom is -0.357 e. The molecule has 0 fully saturated rings. The highest BCUT2D eigenvalue weighted by atomic mass is 16.2. The third kappa shape index (κ3) is 7.04. The van der Waals surface area contributed by atoms with Gasteiger partial charge < -0.3 is 20.7 Å². The summed E-state index contributed by atoms with van der Waals surface area (Å²) in [6.45, 7) is 1.24. The van der Waals surface area contributed by atoms with Gasteiger partial charge in [0.05, 0.1) is 6.54 Å². The van der Waals surface area contributed by atoms with E-state index < -0.39 is 6.04 Å². The zero-order valence-electron chi connectivity index (χ0n) is 9.91. The fourth-order valence-electron chi connectivity index (χ4n) is 1.21. The summed E-state index contributed by atoms with van der Waals surface area (Å²) in [6, 6.07) is -0.737. The Morgan fingerprint density at radius 1 is 1.29 bits per heavy atom. The van der Waals surface area contributed by atoms with Crippen molar-refractivity contribution in [3.8, 4) is 0 Å². The van der Waals surface area contributed by atoms with Crippen LogP contribution in [0.25, 0.3) is 0 Å². The van der Waals surface area contributed by atoms with Crippen LogP contribution in [0.2, 0.25) is 0 Å². The molecule has 0 saturated carbocycles. The summed E-state index contributed by atoms with van der Waals surface area (Å²) in [5.41, 5.74) is 0. The van der Waals surface area contributed by atoms with E-state index in [0.29, 0.717) is 6.29 Å². The number of rotatable bonds is 7. The molecule has 0 radical (unpaired) electrons. The van der Waals surface area contributed by atoms with Crippen molar-refractivity contribution in [1.82, 2.24) is 16.0 Å². The first kappa shape index (κ1) is 15.1. The molecule has 3 N–H and O–H groups in total. The molecule has 17 heavy (non-hydrogen) atoms. The molecule has 0 aromatic rings. The van der Waals surface area contributed by atoms with Crippen LogP contribution in [0.5, 0.6) is 0 Å². The van der Waals surface area contributed by atoms with Crippen LogP contribution < -0.4 is 16.0 Å². The molecule has 0 rings (SSSR count). The van der Waals surface area contributed by atoms with Gasteiger partial charge in [-0.1, -0.05) is 0 Å². The monoisotopic (exact) mass is 243 g/mol. The molecule has 0 unspecified atom stereocenters. The number of hydrogen-bond donors (Lipinski definition) is 3. The molecule has 0 heterocycles. The molecule has 96 valence electrons. The second-order valence-electron chi connectivity index (χ2n) is 3.38. The Morgan fingerprint density at radius 2 is 1.94 bits per heavy atom. The first-order valence-corrected chi connectivity index (χ1v) is 5.20. The molecule has 0 bridgehead atoms. The van der Waals surface area contributed by atoms with Crippen LogP contribution in [0, 0.1) is 0 Å². The van der Waals surface area contributed by atoms with E-state index in [0.717, 1.165) is 0 Å². The summed E-state index contributed by atoms with van der Waals surface area (Å²) in [4.78, 5) is 43.4. The van der Waals surface area contributed by atoms with Gasteiger partial charge in [-0.15, -0.1) is 0 Å². The van der Waals surface area contributed by atoms with E-state index >= 15 is 0 Å². The highest BCUT2D eigenvalue weighted by Gasteiger charge is 2.18. The van der Waals surface area contributed by atoms with Gasteiger partial charge in [-0.05, 0) is 6.42 Å². The minimum atomic E-state index is -0.737. The van der Waals surface area contributed by atoms with Crippen molar-refractivity contribution in [1.29, 1.82) is 0 Å². The smallest absolute Gasteiger partial charge is 0.242 e. The number of nitrogens with one attached hydrogen (secondary N) is 3. The third-order valence-electron chi connectivity index (χ3n) is 1.98. The molecular formula is C10H17N3O4. The molecule has 1 atom stereocenters. The molecule has 7 heteroatoms. The highest BCUT2D eigenvalue weighted by Crippen LogP contribution is 1.98. The van der Waals surface area contributed by atoms with E-state index in [1.54, 1.807) is 0 Å². The summed E-state index contributed by atoms with van der Waals surface area (Å²) < 4.78 is 0. The van der Waals surface area contributed by atoms with Gasteiger partial charge in [0.25, 0.3) is 0 Å². The molecule has 3 amide bonds. The van der Waals surface area contributed by atoms with Crippen molar-refractivity contribution in [2.24, 2.45) is 0 Å². The van der Waals surface area contributed by atoms with Crippen molar-refractivity contribution in [3.63, 3.8) is 0 Å². The number of aldehydes is 1. The van der Waals surface area contributed by atoms with Gasteiger partial charge in [0.15, 0.2) is 0 Å². The number of likely N-dealkylation sites (N-methyl/N-ethyl adjacent to an activating group) is 1. The lowest BCUT2D eigenvalue weighted by molar-refractivity contribution is -0.128. The number of carbonyl (C=O) groups excluding carboxylic acids is 4. The molecule has 0 aliphatic rings. The van der Waals surface area contributed by atoms with Gasteiger partial charge in [-0.3, -0.25) is 14.4 Å². The first-order valence-electron chi connectivity index (χ1n) is 5.20. The molecule has 0 aromatic carbocycles. The number of amides is 3. The molecular weight excluding hydrogens is 226 g/mol. The van der Waals surface area contributed by atoms with Crippen LogP contribution in [0.15, 0.2) is 0 Å². The summed E-state index contributed by atoms with van der Waals surface area (Å²) in [5.74, 6) is -1.04. The third-order valence-corrected chi connectivity index (χ3v) is 1.98. The molecule has 0 spiro atoms. The Kier molecular flexibility index (Phi) is 7.32. The van der Waals surface area contributed by atoms with Gasteiger partial charge in [0.2, 0.25) is 17.7 Å². The predicted octanol–water partition coefficient (Wildman–Crippen LogP) is -1.67. The highest BCUT2D eigenvalue weighted by molar-refractivity contribution is 5.87. The summed E-state index contributed by atoms with van der Waals surface area (Å²) >= 11 is 0. The van der Waals surface area contributed by atoms with Crippen LogP contribution >= 0.6 is 0 Å². The average Bonchev–Trinajstić information content (AvgIpc) is 2.30. The topological polar surface area (TPSA) is 104 Å². The Hall–Kier alpha value is -1.92. The average molecular weight is 243 g/mol. The summed E-state index contributed by atoms with van der Waals surface area (Å²) in [5, 5.41) is 7.18. The van der Waals surface area contributed by atoms with Crippen LogP contribution in [-0.2, 0) is 19.2 Å². The lowest BCUT2D eigenvalue weighted by Crippen LogP contribution is -2.45. The van der Waals surface area contributed by atoms with Crippen molar-refractivity contribution in [2.75, 3.05) is 13.6 Å². The van der Waals surface area contributed by atoms with Crippen LogP contribution in [0.4, 0.5) is 0 Å². The zero-order valence-corrected chi connectivity index (χ0v) is 9.91. The second kappa shape index (κ2) is 8.26. The summed E-state index contributed by atoms with van der Waals surface area (Å²) in [6.07, 6.45) is 0.818. The fourth-order valence-corrected chi connectivity index (χ4v) is 1.21. The second-order valence-corrected chi connectivity index (χ2v) is 3.38. The lowest BCUT2D eigenvalue weighted by atomic mass is 10.1. The van der Waals surface area contributed by atoms with E-state index in [9.17, 15) is 19.2 Å². The van der Waals surface area contributed by atoms with Crippen molar-refractivity contribution < 1.29 is 19.2 Å². The maximum atomic E-state index is 11.4. The Bertz CT molecular complexity index is 304. The largest absolute Gasteiger partial charge is 0.357 e. The van der Waals surface area contributed by atoms with Gasteiger partial charge in [0, 0.05) is 20.4 Å². The van der Waals surface area contributed by atoms with E-state index in [1.807, 2.05) is 0 Å². The predicted molar refractivity (Wildman–Crippen MR) is 60.0 cm³/mol. The van der Waals surface area contributed by atoms with Crippen LogP contribution in [-0.4, -0.2) is 43.6 Å². The Balaban J connectivity index is 4.15. The molecule has 0 aromatic heterocycles. The van der Waals surface area contributed by atoms with Crippen LogP contribution in [0.3, 0.4) is 0 Å². The van der Waals surface area contributed by atoms with Crippen molar-refractivity contribution in [3.05, 3.63) is 0 Å². The number of carbonyl (C=O) groups is 4. The number of hydrogen-bond acceptors (Lipinski definition) is 4. The standard InChI is InChI=1S/C10H17N3O4/c1-7(15)13-8(10(17)11-2)3-4-9(16)12-5-6-14/h6,8H,3-5H2,1-2H3,(H,11,17)(H,12,16)(H,13,15)/t8-/m0/s1. The van der Waals surface area contributed by atoms with Gasteiger partial charge in [-0.2, -0.15) is 0 Å².